The Labute approximate surface area is 177 Å². The van der Waals surface area contributed by atoms with E-state index in [1.165, 1.54) is 38.5 Å². The first-order valence-electron chi connectivity index (χ1n) is 10.0. The molecule has 2 aliphatic rings. The number of hydrogen-bond acceptors (Lipinski definition) is 5. The van der Waals surface area contributed by atoms with Crippen LogP contribution in [-0.2, 0) is 14.8 Å². The van der Waals surface area contributed by atoms with Gasteiger partial charge in [0.2, 0.25) is 15.9 Å². The van der Waals surface area contributed by atoms with Gasteiger partial charge in [0.05, 0.1) is 10.7 Å². The number of halogens is 1. The van der Waals surface area contributed by atoms with E-state index in [0.717, 1.165) is 25.7 Å². The lowest BCUT2D eigenvalue weighted by molar-refractivity contribution is -0.128. The molecule has 3 unspecified atom stereocenters. The van der Waals surface area contributed by atoms with Crippen molar-refractivity contribution in [3.8, 4) is 0 Å². The maximum absolute atomic E-state index is 13.0. The number of amides is 1. The van der Waals surface area contributed by atoms with Crippen molar-refractivity contribution < 1.29 is 18.3 Å². The minimum absolute atomic E-state index is 0.000943. The van der Waals surface area contributed by atoms with Gasteiger partial charge in [-0.25, -0.2) is 8.42 Å². The predicted molar refractivity (Wildman–Crippen MR) is 113 cm³/mol. The van der Waals surface area contributed by atoms with Gasteiger partial charge in [0, 0.05) is 18.6 Å². The molecule has 1 aromatic rings. The molecule has 3 rings (SSSR count). The maximum Gasteiger partial charge on any atom is 0.243 e. The number of rotatable bonds is 6. The molecular formula is C20H30ClN3O4S. The van der Waals surface area contributed by atoms with Crippen LogP contribution in [0.25, 0.3) is 0 Å². The molecule has 0 aromatic heterocycles. The number of aliphatic hydroxyl groups excluding tert-OH is 1. The Bertz CT molecular complexity index is 872. The van der Waals surface area contributed by atoms with E-state index in [1.54, 1.807) is 0 Å². The Morgan fingerprint density at radius 2 is 2.03 bits per heavy atom. The number of carbonyl (C=O) groups excluding carboxylic acids is 1. The summed E-state index contributed by atoms with van der Waals surface area (Å²) in [6.45, 7) is 3.05. The molecule has 1 amide bonds. The Balaban J connectivity index is 1.76. The van der Waals surface area contributed by atoms with E-state index in [-0.39, 0.29) is 34.2 Å². The fourth-order valence-corrected chi connectivity index (χ4v) is 6.54. The van der Waals surface area contributed by atoms with Crippen molar-refractivity contribution in [3.63, 3.8) is 0 Å². The van der Waals surface area contributed by atoms with Crippen molar-refractivity contribution >= 4 is 33.2 Å². The molecular weight excluding hydrogens is 414 g/mol. The van der Waals surface area contributed by atoms with Crippen molar-refractivity contribution in [2.24, 2.45) is 17.8 Å². The van der Waals surface area contributed by atoms with E-state index in [2.05, 4.69) is 10.0 Å². The SMILES string of the molecule is CC(C)(NS(=O)(=O)c1cccc(Cl)c1N)C(=O)N[C@H]1C(CO)CC2CCCC1C2. The monoisotopic (exact) mass is 443 g/mol. The summed E-state index contributed by atoms with van der Waals surface area (Å²) in [4.78, 5) is 12.9. The minimum Gasteiger partial charge on any atom is -0.396 e. The molecule has 0 spiro atoms. The summed E-state index contributed by atoms with van der Waals surface area (Å²) in [7, 11) is -4.06. The van der Waals surface area contributed by atoms with Crippen LogP contribution in [0, 0.1) is 17.8 Å². The molecule has 0 heterocycles. The first kappa shape index (κ1) is 22.3. The van der Waals surface area contributed by atoms with Crippen LogP contribution in [0.4, 0.5) is 5.69 Å². The summed E-state index contributed by atoms with van der Waals surface area (Å²) in [5.74, 6) is 0.504. The number of hydrogen-bond donors (Lipinski definition) is 4. The number of para-hydroxylation sites is 1. The molecule has 1 aromatic carbocycles. The van der Waals surface area contributed by atoms with Crippen molar-refractivity contribution in [1.29, 1.82) is 0 Å². The molecule has 0 radical (unpaired) electrons. The first-order chi connectivity index (χ1) is 13.5. The zero-order valence-electron chi connectivity index (χ0n) is 16.8. The third kappa shape index (κ3) is 4.71. The predicted octanol–water partition coefficient (Wildman–Crippen LogP) is 2.28. The van der Waals surface area contributed by atoms with Gasteiger partial charge in [-0.1, -0.05) is 30.5 Å². The minimum atomic E-state index is -4.06. The average Bonchev–Trinajstić information content (AvgIpc) is 2.65. The van der Waals surface area contributed by atoms with Crippen molar-refractivity contribution in [3.05, 3.63) is 23.2 Å². The van der Waals surface area contributed by atoms with Crippen LogP contribution in [0.2, 0.25) is 5.02 Å². The van der Waals surface area contributed by atoms with Crippen molar-refractivity contribution in [2.75, 3.05) is 12.3 Å². The Hall–Kier alpha value is -1.35. The molecule has 2 saturated carbocycles. The standard InChI is InChI=1S/C20H30ClN3O4S/c1-20(2,24-29(27,28)16-8-4-7-15(21)17(16)22)19(26)23-18-13-6-3-5-12(9-13)10-14(18)11-25/h4,7-8,12-14,18,24-25H,3,5-6,9-11,22H2,1-2H3,(H,23,26)/t12?,13?,14?,18-/m1/s1. The van der Waals surface area contributed by atoms with Crippen LogP contribution >= 0.6 is 11.6 Å². The third-order valence-corrected chi connectivity index (χ3v) is 8.31. The van der Waals surface area contributed by atoms with Crippen molar-refractivity contribution in [2.45, 2.75) is 62.4 Å². The maximum atomic E-state index is 13.0. The number of benzene rings is 1. The van der Waals surface area contributed by atoms with Crippen LogP contribution in [-0.4, -0.2) is 37.6 Å². The van der Waals surface area contributed by atoms with Gasteiger partial charge in [-0.15, -0.1) is 0 Å². The van der Waals surface area contributed by atoms with Crippen LogP contribution in [0.1, 0.15) is 46.0 Å². The van der Waals surface area contributed by atoms with Crippen LogP contribution in [0.3, 0.4) is 0 Å². The molecule has 5 N–H and O–H groups in total. The van der Waals surface area contributed by atoms with Gasteiger partial charge in [-0.2, -0.15) is 4.72 Å². The van der Waals surface area contributed by atoms with E-state index in [9.17, 15) is 18.3 Å². The molecule has 0 saturated heterocycles. The third-order valence-electron chi connectivity index (χ3n) is 6.27. The molecule has 0 aliphatic heterocycles. The van der Waals surface area contributed by atoms with Crippen LogP contribution in [0.5, 0.6) is 0 Å². The second-order valence-electron chi connectivity index (χ2n) is 8.85. The van der Waals surface area contributed by atoms with Gasteiger partial charge in [0.1, 0.15) is 10.4 Å². The fraction of sp³-hybridized carbons (Fsp3) is 0.650. The normalized spacial score (nSPS) is 27.4. The largest absolute Gasteiger partial charge is 0.396 e. The second kappa shape index (κ2) is 8.41. The van der Waals surface area contributed by atoms with E-state index in [0.29, 0.717) is 11.8 Å². The highest BCUT2D eigenvalue weighted by atomic mass is 35.5. The summed E-state index contributed by atoms with van der Waals surface area (Å²) in [6.07, 6.45) is 5.27. The molecule has 162 valence electrons. The lowest BCUT2D eigenvalue weighted by atomic mass is 9.65. The average molecular weight is 444 g/mol. The van der Waals surface area contributed by atoms with Gasteiger partial charge < -0.3 is 16.2 Å². The van der Waals surface area contributed by atoms with E-state index in [1.807, 2.05) is 0 Å². The van der Waals surface area contributed by atoms with Crippen LogP contribution in [0.15, 0.2) is 23.1 Å². The van der Waals surface area contributed by atoms with E-state index in [4.69, 9.17) is 17.3 Å². The summed E-state index contributed by atoms with van der Waals surface area (Å²) in [5, 5.41) is 13.0. The Kier molecular flexibility index (Phi) is 6.48. The number of carbonyl (C=O) groups is 1. The lowest BCUT2D eigenvalue weighted by Gasteiger charge is -2.45. The molecule has 29 heavy (non-hydrogen) atoms. The topological polar surface area (TPSA) is 122 Å². The van der Waals surface area contributed by atoms with Gasteiger partial charge in [0.15, 0.2) is 0 Å². The molecule has 9 heteroatoms. The number of fused-ring (bicyclic) bond motifs is 2. The number of nitrogens with one attached hydrogen (secondary N) is 2. The zero-order valence-corrected chi connectivity index (χ0v) is 18.4. The molecule has 4 atom stereocenters. The van der Waals surface area contributed by atoms with Gasteiger partial charge in [0.25, 0.3) is 0 Å². The molecule has 2 bridgehead atoms. The molecule has 2 fully saturated rings. The lowest BCUT2D eigenvalue weighted by Crippen LogP contribution is -2.60. The first-order valence-corrected chi connectivity index (χ1v) is 11.9. The summed E-state index contributed by atoms with van der Waals surface area (Å²) in [6, 6.07) is 4.20. The molecule has 7 nitrogen and oxygen atoms in total. The highest BCUT2D eigenvalue weighted by molar-refractivity contribution is 7.89. The highest BCUT2D eigenvalue weighted by Gasteiger charge is 2.43. The second-order valence-corrected chi connectivity index (χ2v) is 10.9. The number of nitrogen functional groups attached to an aromatic ring is 1. The van der Waals surface area contributed by atoms with E-state index >= 15 is 0 Å². The van der Waals surface area contributed by atoms with Crippen molar-refractivity contribution in [1.82, 2.24) is 10.0 Å². The fourth-order valence-electron chi connectivity index (χ4n) is 4.78. The van der Waals surface area contributed by atoms with Gasteiger partial charge in [-0.3, -0.25) is 4.79 Å². The Morgan fingerprint density at radius 1 is 1.31 bits per heavy atom. The highest BCUT2D eigenvalue weighted by Crippen LogP contribution is 2.42. The smallest absolute Gasteiger partial charge is 0.243 e. The zero-order chi connectivity index (χ0) is 21.4. The summed E-state index contributed by atoms with van der Waals surface area (Å²) in [5.41, 5.74) is 4.37. The van der Waals surface area contributed by atoms with Gasteiger partial charge >= 0.3 is 0 Å². The van der Waals surface area contributed by atoms with Crippen LogP contribution < -0.4 is 15.8 Å². The molecule has 2 aliphatic carbocycles. The van der Waals surface area contributed by atoms with E-state index < -0.39 is 21.5 Å². The number of nitrogens with two attached hydrogens (primary N) is 1. The Morgan fingerprint density at radius 3 is 2.72 bits per heavy atom. The summed E-state index contributed by atoms with van der Waals surface area (Å²) >= 11 is 5.94. The van der Waals surface area contributed by atoms with Gasteiger partial charge in [-0.05, 0) is 57.1 Å². The quantitative estimate of drug-likeness (QED) is 0.502. The number of sulfonamides is 1. The number of anilines is 1. The number of aliphatic hydroxyl groups is 1. The summed E-state index contributed by atoms with van der Waals surface area (Å²) < 4.78 is 28.1.